The number of furan rings is 1. The van der Waals surface area contributed by atoms with Crippen molar-refractivity contribution in [2.75, 3.05) is 6.54 Å². The van der Waals surface area contributed by atoms with Crippen molar-refractivity contribution in [2.45, 2.75) is 33.7 Å². The average Bonchev–Trinajstić information content (AvgIpc) is 2.78. The van der Waals surface area contributed by atoms with Crippen molar-refractivity contribution >= 4 is 0 Å². The highest BCUT2D eigenvalue weighted by atomic mass is 16.3. The topological polar surface area (TPSA) is 25.2 Å². The Morgan fingerprint density at radius 3 is 2.61 bits per heavy atom. The second-order valence-corrected chi connectivity index (χ2v) is 4.80. The molecule has 1 unspecified atom stereocenters. The molecule has 1 atom stereocenters. The van der Waals surface area contributed by atoms with Gasteiger partial charge in [-0.1, -0.05) is 30.7 Å². The van der Waals surface area contributed by atoms with Crippen LogP contribution in [-0.2, 0) is 0 Å². The van der Waals surface area contributed by atoms with Crippen molar-refractivity contribution in [1.29, 1.82) is 0 Å². The molecule has 0 amide bonds. The summed E-state index contributed by atoms with van der Waals surface area (Å²) in [5.41, 5.74) is 3.71. The van der Waals surface area contributed by atoms with Crippen molar-refractivity contribution in [3.8, 4) is 11.3 Å². The predicted molar refractivity (Wildman–Crippen MR) is 75.7 cm³/mol. The lowest BCUT2D eigenvalue weighted by Gasteiger charge is -2.09. The van der Waals surface area contributed by atoms with E-state index in [1.54, 1.807) is 0 Å². The van der Waals surface area contributed by atoms with Crippen molar-refractivity contribution < 1.29 is 4.42 Å². The van der Waals surface area contributed by atoms with Crippen molar-refractivity contribution in [3.63, 3.8) is 0 Å². The second-order valence-electron chi connectivity index (χ2n) is 4.80. The lowest BCUT2D eigenvalue weighted by atomic mass is 10.0. The van der Waals surface area contributed by atoms with Crippen LogP contribution in [0.25, 0.3) is 11.3 Å². The molecule has 1 heterocycles. The first-order chi connectivity index (χ1) is 8.61. The van der Waals surface area contributed by atoms with E-state index in [1.165, 1.54) is 16.7 Å². The van der Waals surface area contributed by atoms with Gasteiger partial charge in [0.25, 0.3) is 0 Å². The number of rotatable bonds is 4. The first kappa shape index (κ1) is 12.9. The molecule has 0 radical (unpaired) electrons. The molecule has 2 aromatic rings. The van der Waals surface area contributed by atoms with Crippen molar-refractivity contribution in [3.05, 3.63) is 47.2 Å². The molecule has 0 aliphatic heterocycles. The number of benzene rings is 1. The highest BCUT2D eigenvalue weighted by Crippen LogP contribution is 2.28. The molecule has 0 spiro atoms. The molecule has 0 bridgehead atoms. The summed E-state index contributed by atoms with van der Waals surface area (Å²) in [7, 11) is 0. The summed E-state index contributed by atoms with van der Waals surface area (Å²) in [6.45, 7) is 9.40. The summed E-state index contributed by atoms with van der Waals surface area (Å²) in [4.78, 5) is 0. The predicted octanol–water partition coefficient (Wildman–Crippen LogP) is 4.23. The lowest BCUT2D eigenvalue weighted by Crippen LogP contribution is -2.16. The average molecular weight is 243 g/mol. The van der Waals surface area contributed by atoms with E-state index in [4.69, 9.17) is 4.42 Å². The zero-order chi connectivity index (χ0) is 13.1. The molecule has 2 nitrogen and oxygen atoms in total. The molecule has 18 heavy (non-hydrogen) atoms. The molecular formula is C16H21NO. The van der Waals surface area contributed by atoms with Crippen LogP contribution < -0.4 is 5.32 Å². The summed E-state index contributed by atoms with van der Waals surface area (Å²) < 4.78 is 5.94. The number of nitrogens with one attached hydrogen (secondary N) is 1. The minimum atomic E-state index is 0.259. The summed E-state index contributed by atoms with van der Waals surface area (Å²) in [6, 6.07) is 10.8. The van der Waals surface area contributed by atoms with E-state index in [1.807, 2.05) is 0 Å². The Balaban J connectivity index is 2.29. The monoisotopic (exact) mass is 243 g/mol. The number of hydrogen-bond donors (Lipinski definition) is 1. The summed E-state index contributed by atoms with van der Waals surface area (Å²) in [5.74, 6) is 1.94. The van der Waals surface area contributed by atoms with Crippen LogP contribution in [0.1, 0.15) is 36.8 Å². The largest absolute Gasteiger partial charge is 0.459 e. The Labute approximate surface area is 109 Å². The van der Waals surface area contributed by atoms with Gasteiger partial charge in [0.05, 0.1) is 6.04 Å². The van der Waals surface area contributed by atoms with Gasteiger partial charge in [0.15, 0.2) is 0 Å². The molecule has 0 saturated carbocycles. The molecule has 0 saturated heterocycles. The fourth-order valence-electron chi connectivity index (χ4n) is 2.23. The van der Waals surface area contributed by atoms with Crippen LogP contribution in [0.2, 0.25) is 0 Å². The quantitative estimate of drug-likeness (QED) is 0.869. The molecule has 2 heteroatoms. The molecule has 0 aliphatic rings. The zero-order valence-electron chi connectivity index (χ0n) is 11.6. The van der Waals surface area contributed by atoms with E-state index < -0.39 is 0 Å². The number of hydrogen-bond acceptors (Lipinski definition) is 2. The van der Waals surface area contributed by atoms with Crippen LogP contribution >= 0.6 is 0 Å². The Morgan fingerprint density at radius 1 is 1.17 bits per heavy atom. The summed E-state index contributed by atoms with van der Waals surface area (Å²) in [6.07, 6.45) is 0. The lowest BCUT2D eigenvalue weighted by molar-refractivity contribution is 0.445. The van der Waals surface area contributed by atoms with Crippen LogP contribution in [-0.4, -0.2) is 6.54 Å². The molecule has 0 fully saturated rings. The van der Waals surface area contributed by atoms with Crippen molar-refractivity contribution in [2.24, 2.45) is 0 Å². The highest BCUT2D eigenvalue weighted by Gasteiger charge is 2.11. The van der Waals surface area contributed by atoms with Gasteiger partial charge in [-0.3, -0.25) is 0 Å². The van der Waals surface area contributed by atoms with Gasteiger partial charge in [0, 0.05) is 5.56 Å². The molecule has 96 valence electrons. The summed E-state index contributed by atoms with van der Waals surface area (Å²) in [5, 5.41) is 3.36. The van der Waals surface area contributed by atoms with Gasteiger partial charge in [0.2, 0.25) is 0 Å². The minimum absolute atomic E-state index is 0.259. The molecule has 1 aromatic heterocycles. The first-order valence-corrected chi connectivity index (χ1v) is 6.52. The van der Waals surface area contributed by atoms with Crippen LogP contribution in [0.3, 0.4) is 0 Å². The maximum atomic E-state index is 5.94. The van der Waals surface area contributed by atoms with E-state index in [2.05, 4.69) is 63.3 Å². The fraction of sp³-hybridized carbons (Fsp3) is 0.375. The SMILES string of the molecule is CCNC(C)c1ccc(-c2ccc(C)cc2C)o1. The summed E-state index contributed by atoms with van der Waals surface area (Å²) >= 11 is 0. The van der Waals surface area contributed by atoms with Gasteiger partial charge >= 0.3 is 0 Å². The Morgan fingerprint density at radius 2 is 1.94 bits per heavy atom. The second kappa shape index (κ2) is 5.40. The standard InChI is InChI=1S/C16H21NO/c1-5-17-13(4)15-8-9-16(18-15)14-7-6-11(2)10-12(14)3/h6-10,13,17H,5H2,1-4H3. The van der Waals surface area contributed by atoms with Crippen molar-refractivity contribution in [1.82, 2.24) is 5.32 Å². The van der Waals surface area contributed by atoms with Crippen LogP contribution in [0, 0.1) is 13.8 Å². The minimum Gasteiger partial charge on any atom is -0.459 e. The Hall–Kier alpha value is -1.54. The fourth-order valence-corrected chi connectivity index (χ4v) is 2.23. The molecule has 0 aliphatic carbocycles. The van der Waals surface area contributed by atoms with Gasteiger partial charge in [-0.25, -0.2) is 0 Å². The normalized spacial score (nSPS) is 12.7. The third-order valence-corrected chi connectivity index (χ3v) is 3.21. The molecule has 2 rings (SSSR count). The van der Waals surface area contributed by atoms with Gasteiger partial charge in [-0.05, 0) is 45.0 Å². The number of aryl methyl sites for hydroxylation is 2. The third kappa shape index (κ3) is 2.65. The van der Waals surface area contributed by atoms with E-state index >= 15 is 0 Å². The first-order valence-electron chi connectivity index (χ1n) is 6.52. The molecule has 1 aromatic carbocycles. The maximum Gasteiger partial charge on any atom is 0.134 e. The van der Waals surface area contributed by atoms with Gasteiger partial charge < -0.3 is 9.73 Å². The van der Waals surface area contributed by atoms with Gasteiger partial charge in [0.1, 0.15) is 11.5 Å². The van der Waals surface area contributed by atoms with Gasteiger partial charge in [-0.15, -0.1) is 0 Å². The maximum absolute atomic E-state index is 5.94. The van der Waals surface area contributed by atoms with E-state index in [0.717, 1.165) is 18.1 Å². The van der Waals surface area contributed by atoms with Crippen LogP contribution in [0.5, 0.6) is 0 Å². The highest BCUT2D eigenvalue weighted by molar-refractivity contribution is 5.62. The molecule has 1 N–H and O–H groups in total. The van der Waals surface area contributed by atoms with E-state index in [0.29, 0.717) is 0 Å². The van der Waals surface area contributed by atoms with E-state index in [-0.39, 0.29) is 6.04 Å². The molecular weight excluding hydrogens is 222 g/mol. The third-order valence-electron chi connectivity index (χ3n) is 3.21. The smallest absolute Gasteiger partial charge is 0.134 e. The van der Waals surface area contributed by atoms with E-state index in [9.17, 15) is 0 Å². The Kier molecular flexibility index (Phi) is 3.87. The zero-order valence-corrected chi connectivity index (χ0v) is 11.6. The van der Waals surface area contributed by atoms with Crippen LogP contribution in [0.4, 0.5) is 0 Å². The van der Waals surface area contributed by atoms with Crippen LogP contribution in [0.15, 0.2) is 34.7 Å². The van der Waals surface area contributed by atoms with Gasteiger partial charge in [-0.2, -0.15) is 0 Å². The Bertz CT molecular complexity index is 528.